The number of rotatable bonds is 2. The van der Waals surface area contributed by atoms with Crippen LogP contribution < -0.4 is 0 Å². The van der Waals surface area contributed by atoms with Gasteiger partial charge in [0.05, 0.1) is 5.60 Å². The minimum Gasteiger partial charge on any atom is -0.379 e. The van der Waals surface area contributed by atoms with Crippen LogP contribution in [0.5, 0.6) is 0 Å². The summed E-state index contributed by atoms with van der Waals surface area (Å²) in [5, 5.41) is 0. The molecule has 1 aliphatic carbocycles. The van der Waals surface area contributed by atoms with Crippen molar-refractivity contribution in [2.75, 3.05) is 7.11 Å². The van der Waals surface area contributed by atoms with Crippen LogP contribution >= 0.6 is 0 Å². The molecule has 1 rings (SSSR count). The summed E-state index contributed by atoms with van der Waals surface area (Å²) in [6, 6.07) is 0. The van der Waals surface area contributed by atoms with Crippen LogP contribution in [0.2, 0.25) is 0 Å². The van der Waals surface area contributed by atoms with Crippen LogP contribution in [0.1, 0.15) is 33.6 Å². The van der Waals surface area contributed by atoms with E-state index < -0.39 is 0 Å². The van der Waals surface area contributed by atoms with Crippen molar-refractivity contribution >= 4 is 0 Å². The molecule has 0 saturated carbocycles. The molecule has 0 amide bonds. The lowest BCUT2D eigenvalue weighted by atomic mass is 9.75. The first-order valence-electron chi connectivity index (χ1n) is 4.79. The molecule has 1 heteroatoms. The maximum atomic E-state index is 5.51. The number of allylic oxidation sites excluding steroid dienone is 2. The normalized spacial score (nSPS) is 30.7. The SMILES string of the molecule is COC(C)(C)C1CCC=CC1C. The molecule has 1 aliphatic rings. The lowest BCUT2D eigenvalue weighted by molar-refractivity contribution is -0.0443. The van der Waals surface area contributed by atoms with Gasteiger partial charge in [-0.3, -0.25) is 0 Å². The molecule has 0 aromatic rings. The summed E-state index contributed by atoms with van der Waals surface area (Å²) >= 11 is 0. The standard InChI is InChI=1S/C11H20O/c1-9-7-5-6-8-10(9)11(2,3)12-4/h5,7,9-10H,6,8H2,1-4H3. The maximum Gasteiger partial charge on any atom is 0.0656 e. The van der Waals surface area contributed by atoms with Crippen molar-refractivity contribution in [1.29, 1.82) is 0 Å². The molecule has 0 fully saturated rings. The highest BCUT2D eigenvalue weighted by atomic mass is 16.5. The molecule has 0 bridgehead atoms. The number of methoxy groups -OCH3 is 1. The van der Waals surface area contributed by atoms with Crippen LogP contribution in [-0.4, -0.2) is 12.7 Å². The van der Waals surface area contributed by atoms with Gasteiger partial charge < -0.3 is 4.74 Å². The summed E-state index contributed by atoms with van der Waals surface area (Å²) < 4.78 is 5.51. The van der Waals surface area contributed by atoms with Crippen LogP contribution in [0.15, 0.2) is 12.2 Å². The molecule has 0 heterocycles. The Labute approximate surface area is 75.8 Å². The van der Waals surface area contributed by atoms with Crippen molar-refractivity contribution in [2.45, 2.75) is 39.2 Å². The minimum atomic E-state index is 0.0319. The van der Waals surface area contributed by atoms with E-state index in [-0.39, 0.29) is 5.60 Å². The Bertz CT molecular complexity index is 170. The van der Waals surface area contributed by atoms with Crippen molar-refractivity contribution < 1.29 is 4.74 Å². The molecule has 0 aromatic carbocycles. The first-order valence-corrected chi connectivity index (χ1v) is 4.79. The van der Waals surface area contributed by atoms with Gasteiger partial charge in [0.2, 0.25) is 0 Å². The molecule has 0 N–H and O–H groups in total. The fourth-order valence-corrected chi connectivity index (χ4v) is 2.12. The van der Waals surface area contributed by atoms with Gasteiger partial charge in [0, 0.05) is 7.11 Å². The first kappa shape index (κ1) is 9.79. The number of hydrogen-bond acceptors (Lipinski definition) is 1. The Morgan fingerprint density at radius 1 is 1.42 bits per heavy atom. The summed E-state index contributed by atoms with van der Waals surface area (Å²) in [4.78, 5) is 0. The van der Waals surface area contributed by atoms with Gasteiger partial charge in [-0.2, -0.15) is 0 Å². The second kappa shape index (κ2) is 3.61. The Morgan fingerprint density at radius 2 is 2.08 bits per heavy atom. The molecule has 70 valence electrons. The second-order valence-corrected chi connectivity index (χ2v) is 4.28. The molecule has 2 unspecified atom stereocenters. The highest BCUT2D eigenvalue weighted by molar-refractivity contribution is 4.99. The van der Waals surface area contributed by atoms with Gasteiger partial charge in [-0.1, -0.05) is 19.1 Å². The third kappa shape index (κ3) is 1.89. The van der Waals surface area contributed by atoms with Gasteiger partial charge in [0.25, 0.3) is 0 Å². The molecule has 1 nitrogen and oxygen atoms in total. The van der Waals surface area contributed by atoms with E-state index in [9.17, 15) is 0 Å². The monoisotopic (exact) mass is 168 g/mol. The van der Waals surface area contributed by atoms with E-state index >= 15 is 0 Å². The molecular weight excluding hydrogens is 148 g/mol. The Hall–Kier alpha value is -0.300. The van der Waals surface area contributed by atoms with Gasteiger partial charge in [0.1, 0.15) is 0 Å². The molecule has 2 atom stereocenters. The fourth-order valence-electron chi connectivity index (χ4n) is 2.12. The third-order valence-corrected chi connectivity index (χ3v) is 3.14. The second-order valence-electron chi connectivity index (χ2n) is 4.28. The number of hydrogen-bond donors (Lipinski definition) is 0. The van der Waals surface area contributed by atoms with E-state index in [1.165, 1.54) is 12.8 Å². The topological polar surface area (TPSA) is 9.23 Å². The lowest BCUT2D eigenvalue weighted by Crippen LogP contribution is -2.37. The van der Waals surface area contributed by atoms with Gasteiger partial charge in [-0.25, -0.2) is 0 Å². The Balaban J connectivity index is 2.68. The van der Waals surface area contributed by atoms with Crippen molar-refractivity contribution in [3.8, 4) is 0 Å². The minimum absolute atomic E-state index is 0.0319. The van der Waals surface area contributed by atoms with Crippen molar-refractivity contribution in [3.05, 3.63) is 12.2 Å². The molecule has 0 radical (unpaired) electrons. The molecular formula is C11H20O. The van der Waals surface area contributed by atoms with E-state index in [2.05, 4.69) is 32.9 Å². The van der Waals surface area contributed by atoms with Crippen molar-refractivity contribution in [1.82, 2.24) is 0 Å². The van der Waals surface area contributed by atoms with Gasteiger partial charge in [-0.15, -0.1) is 0 Å². The summed E-state index contributed by atoms with van der Waals surface area (Å²) in [6.07, 6.45) is 7.07. The van der Waals surface area contributed by atoms with Crippen LogP contribution in [0.25, 0.3) is 0 Å². The van der Waals surface area contributed by atoms with Crippen molar-refractivity contribution in [2.24, 2.45) is 11.8 Å². The molecule has 0 aliphatic heterocycles. The van der Waals surface area contributed by atoms with Gasteiger partial charge in [-0.05, 0) is 38.5 Å². The summed E-state index contributed by atoms with van der Waals surface area (Å²) in [5.74, 6) is 1.33. The van der Waals surface area contributed by atoms with E-state index in [0.717, 1.165) is 0 Å². The largest absolute Gasteiger partial charge is 0.379 e. The highest BCUT2D eigenvalue weighted by Gasteiger charge is 2.33. The summed E-state index contributed by atoms with van der Waals surface area (Å²) in [5.41, 5.74) is 0.0319. The van der Waals surface area contributed by atoms with E-state index in [1.807, 2.05) is 7.11 Å². The van der Waals surface area contributed by atoms with Crippen molar-refractivity contribution in [3.63, 3.8) is 0 Å². The smallest absolute Gasteiger partial charge is 0.0656 e. The molecule has 12 heavy (non-hydrogen) atoms. The third-order valence-electron chi connectivity index (χ3n) is 3.14. The zero-order valence-corrected chi connectivity index (χ0v) is 8.63. The fraction of sp³-hybridized carbons (Fsp3) is 0.818. The van der Waals surface area contributed by atoms with Crippen LogP contribution in [0.3, 0.4) is 0 Å². The number of ether oxygens (including phenoxy) is 1. The maximum absolute atomic E-state index is 5.51. The Kier molecular flexibility index (Phi) is 2.94. The summed E-state index contributed by atoms with van der Waals surface area (Å²) in [7, 11) is 1.81. The molecule has 0 aromatic heterocycles. The van der Waals surface area contributed by atoms with E-state index in [0.29, 0.717) is 11.8 Å². The average Bonchev–Trinajstić information content (AvgIpc) is 2.05. The van der Waals surface area contributed by atoms with Gasteiger partial charge in [0.15, 0.2) is 0 Å². The zero-order chi connectivity index (χ0) is 9.19. The molecule has 0 spiro atoms. The predicted molar refractivity (Wildman–Crippen MR) is 52.1 cm³/mol. The quantitative estimate of drug-likeness (QED) is 0.576. The Morgan fingerprint density at radius 3 is 2.58 bits per heavy atom. The molecule has 0 saturated heterocycles. The first-order chi connectivity index (χ1) is 5.58. The highest BCUT2D eigenvalue weighted by Crippen LogP contribution is 2.35. The van der Waals surface area contributed by atoms with Crippen LogP contribution in [0, 0.1) is 11.8 Å². The lowest BCUT2D eigenvalue weighted by Gasteiger charge is -2.37. The average molecular weight is 168 g/mol. The summed E-state index contributed by atoms with van der Waals surface area (Å²) in [6.45, 7) is 6.65. The van der Waals surface area contributed by atoms with E-state index in [1.54, 1.807) is 0 Å². The van der Waals surface area contributed by atoms with Crippen LogP contribution in [-0.2, 0) is 4.74 Å². The van der Waals surface area contributed by atoms with Gasteiger partial charge >= 0.3 is 0 Å². The predicted octanol–water partition coefficient (Wildman–Crippen LogP) is 3.01. The van der Waals surface area contributed by atoms with Crippen LogP contribution in [0.4, 0.5) is 0 Å². The van der Waals surface area contributed by atoms with E-state index in [4.69, 9.17) is 4.74 Å². The zero-order valence-electron chi connectivity index (χ0n) is 8.63.